The molecule has 5 atom stereocenters. The first kappa shape index (κ1) is 22.4. The Morgan fingerprint density at radius 2 is 1.44 bits per heavy atom. The number of amides is 2. The highest BCUT2D eigenvalue weighted by Crippen LogP contribution is 2.61. The lowest BCUT2D eigenvalue weighted by molar-refractivity contribution is -0.123. The molecular formula is C30H25NO5. The number of fused-ring (bicyclic) bond motifs is 5. The van der Waals surface area contributed by atoms with Crippen LogP contribution in [0.5, 0.6) is 0 Å². The summed E-state index contributed by atoms with van der Waals surface area (Å²) >= 11 is 0. The molecule has 0 N–H and O–H groups in total. The number of hydrogen-bond acceptors (Lipinski definition) is 5. The quantitative estimate of drug-likeness (QED) is 0.292. The first-order valence-electron chi connectivity index (χ1n) is 12.3. The number of imide groups is 1. The number of anilines is 1. The van der Waals surface area contributed by atoms with Gasteiger partial charge in [0.1, 0.15) is 0 Å². The van der Waals surface area contributed by atoms with Crippen LogP contribution in [0.1, 0.15) is 45.0 Å². The molecule has 0 unspecified atom stereocenters. The van der Waals surface area contributed by atoms with Gasteiger partial charge in [-0.05, 0) is 54.4 Å². The molecule has 0 radical (unpaired) electrons. The number of benzene rings is 3. The molecule has 3 aromatic rings. The van der Waals surface area contributed by atoms with Gasteiger partial charge in [0.05, 0.1) is 23.1 Å². The molecule has 3 fully saturated rings. The van der Waals surface area contributed by atoms with Gasteiger partial charge in [0.25, 0.3) is 0 Å². The van der Waals surface area contributed by atoms with Gasteiger partial charge in [0.15, 0.2) is 12.4 Å². The van der Waals surface area contributed by atoms with Gasteiger partial charge in [-0.1, -0.05) is 66.7 Å². The van der Waals surface area contributed by atoms with Gasteiger partial charge in [-0.2, -0.15) is 0 Å². The average Bonchev–Trinajstić information content (AvgIpc) is 3.59. The number of Topliss-reactive ketones (excluding diaryl/α,β-unsaturated/α-hetero) is 1. The normalized spacial score (nSPS) is 26.2. The summed E-state index contributed by atoms with van der Waals surface area (Å²) in [5.41, 5.74) is 2.26. The maximum atomic E-state index is 13.6. The molecule has 6 heteroatoms. The van der Waals surface area contributed by atoms with Gasteiger partial charge in [0, 0.05) is 5.56 Å². The Morgan fingerprint density at radius 1 is 0.778 bits per heavy atom. The van der Waals surface area contributed by atoms with E-state index in [2.05, 4.69) is 12.1 Å². The van der Waals surface area contributed by atoms with Crippen LogP contribution in [0.25, 0.3) is 0 Å². The van der Waals surface area contributed by atoms with Crippen LogP contribution in [-0.2, 0) is 14.3 Å². The standard InChI is InChI=1S/C30H25NO5/c32-25(19-10-5-2-6-11-19)17-36-30(35)20-12-7-13-22(14-20)31-28(33)26-21-15-23(18-8-3-1-4-9-18)24(16-21)27(26)29(31)34/h1-14,21,23-24,26-27H,15-17H2/t21-,23-,24+,26-,27-/m0/s1. The Morgan fingerprint density at radius 3 is 2.19 bits per heavy atom. The van der Waals surface area contributed by atoms with Crippen molar-refractivity contribution in [1.29, 1.82) is 0 Å². The number of esters is 1. The van der Waals surface area contributed by atoms with Crippen molar-refractivity contribution in [2.24, 2.45) is 23.7 Å². The second-order valence-electron chi connectivity index (χ2n) is 9.89. The van der Waals surface area contributed by atoms with Gasteiger partial charge in [-0.3, -0.25) is 19.3 Å². The highest BCUT2D eigenvalue weighted by atomic mass is 16.5. The van der Waals surface area contributed by atoms with Crippen molar-refractivity contribution in [3.05, 3.63) is 102 Å². The molecule has 3 aromatic carbocycles. The second kappa shape index (κ2) is 8.86. The van der Waals surface area contributed by atoms with Crippen LogP contribution < -0.4 is 4.90 Å². The number of hydrogen-bond donors (Lipinski definition) is 0. The molecule has 6 rings (SSSR count). The Labute approximate surface area is 208 Å². The lowest BCUT2D eigenvalue weighted by atomic mass is 9.73. The number of ketones is 1. The SMILES string of the molecule is O=C(COC(=O)c1cccc(N2C(=O)[C@H]3[C@@H]4C[C@@H]([C@@H]3C2=O)[C@H](c2ccccc2)C4)c1)c1ccccc1. The molecular weight excluding hydrogens is 454 g/mol. The summed E-state index contributed by atoms with van der Waals surface area (Å²) in [6, 6.07) is 25.2. The summed E-state index contributed by atoms with van der Waals surface area (Å²) in [4.78, 5) is 53.2. The van der Waals surface area contributed by atoms with Crippen molar-refractivity contribution in [2.75, 3.05) is 11.5 Å². The van der Waals surface area contributed by atoms with Crippen LogP contribution >= 0.6 is 0 Å². The monoisotopic (exact) mass is 479 g/mol. The fraction of sp³-hybridized carbons (Fsp3) is 0.267. The summed E-state index contributed by atoms with van der Waals surface area (Å²) in [7, 11) is 0. The fourth-order valence-corrected chi connectivity index (χ4v) is 6.49. The van der Waals surface area contributed by atoms with Gasteiger partial charge in [-0.25, -0.2) is 4.79 Å². The zero-order valence-corrected chi connectivity index (χ0v) is 19.6. The molecule has 1 heterocycles. The van der Waals surface area contributed by atoms with Crippen LogP contribution in [0.2, 0.25) is 0 Å². The Kier molecular flexibility index (Phi) is 5.52. The third kappa shape index (κ3) is 3.65. The predicted octanol–water partition coefficient (Wildman–Crippen LogP) is 4.66. The van der Waals surface area contributed by atoms with E-state index in [4.69, 9.17) is 4.74 Å². The number of nitrogens with zero attached hydrogens (tertiary/aromatic N) is 1. The fourth-order valence-electron chi connectivity index (χ4n) is 6.49. The Bertz CT molecular complexity index is 1350. The number of rotatable bonds is 6. The minimum absolute atomic E-state index is 0.154. The largest absolute Gasteiger partial charge is 0.454 e. The van der Waals surface area contributed by atoms with E-state index in [-0.39, 0.29) is 59.4 Å². The molecule has 6 nitrogen and oxygen atoms in total. The highest BCUT2D eigenvalue weighted by molar-refractivity contribution is 6.23. The van der Waals surface area contributed by atoms with Gasteiger partial charge in [0.2, 0.25) is 11.8 Å². The van der Waals surface area contributed by atoms with Crippen molar-refractivity contribution >= 4 is 29.3 Å². The lowest BCUT2D eigenvalue weighted by Crippen LogP contribution is -2.33. The van der Waals surface area contributed by atoms with E-state index in [1.165, 1.54) is 16.5 Å². The van der Waals surface area contributed by atoms with Crippen LogP contribution in [0.4, 0.5) is 5.69 Å². The van der Waals surface area contributed by atoms with E-state index < -0.39 is 5.97 Å². The zero-order valence-electron chi connectivity index (χ0n) is 19.6. The van der Waals surface area contributed by atoms with Crippen molar-refractivity contribution in [3.63, 3.8) is 0 Å². The number of carbonyl (C=O) groups is 4. The van der Waals surface area contributed by atoms with Crippen molar-refractivity contribution < 1.29 is 23.9 Å². The Hall–Kier alpha value is -4.06. The van der Waals surface area contributed by atoms with Gasteiger partial charge in [-0.15, -0.1) is 0 Å². The maximum Gasteiger partial charge on any atom is 0.338 e. The molecule has 1 saturated heterocycles. The molecule has 2 amide bonds. The van der Waals surface area contributed by atoms with E-state index in [9.17, 15) is 19.2 Å². The zero-order chi connectivity index (χ0) is 24.8. The summed E-state index contributed by atoms with van der Waals surface area (Å²) < 4.78 is 5.22. The summed E-state index contributed by atoms with van der Waals surface area (Å²) in [5, 5.41) is 0. The van der Waals surface area contributed by atoms with E-state index in [0.29, 0.717) is 11.3 Å². The molecule has 0 aromatic heterocycles. The highest BCUT2D eigenvalue weighted by Gasteiger charge is 2.64. The van der Waals surface area contributed by atoms with E-state index >= 15 is 0 Å². The molecule has 2 saturated carbocycles. The first-order chi connectivity index (χ1) is 17.5. The first-order valence-corrected chi connectivity index (χ1v) is 12.3. The summed E-state index contributed by atoms with van der Waals surface area (Å²) in [6.07, 6.45) is 1.83. The third-order valence-electron chi connectivity index (χ3n) is 8.01. The third-order valence-corrected chi connectivity index (χ3v) is 8.01. The average molecular weight is 480 g/mol. The number of carbonyl (C=O) groups excluding carboxylic acids is 4. The molecule has 2 aliphatic carbocycles. The van der Waals surface area contributed by atoms with Gasteiger partial charge >= 0.3 is 5.97 Å². The predicted molar refractivity (Wildman–Crippen MR) is 132 cm³/mol. The van der Waals surface area contributed by atoms with E-state index in [1.54, 1.807) is 48.5 Å². The van der Waals surface area contributed by atoms with Crippen LogP contribution in [0.3, 0.4) is 0 Å². The molecule has 1 aliphatic heterocycles. The molecule has 3 aliphatic rings. The molecule has 2 bridgehead atoms. The van der Waals surface area contributed by atoms with E-state index in [0.717, 1.165) is 12.8 Å². The Balaban J connectivity index is 1.19. The smallest absolute Gasteiger partial charge is 0.338 e. The molecule has 180 valence electrons. The minimum Gasteiger partial charge on any atom is -0.454 e. The van der Waals surface area contributed by atoms with Crippen LogP contribution in [0.15, 0.2) is 84.9 Å². The topological polar surface area (TPSA) is 80.8 Å². The van der Waals surface area contributed by atoms with E-state index in [1.807, 2.05) is 18.2 Å². The van der Waals surface area contributed by atoms with Gasteiger partial charge < -0.3 is 4.74 Å². The second-order valence-corrected chi connectivity index (χ2v) is 9.89. The van der Waals surface area contributed by atoms with Crippen LogP contribution in [0, 0.1) is 23.7 Å². The van der Waals surface area contributed by atoms with Crippen molar-refractivity contribution in [2.45, 2.75) is 18.8 Å². The summed E-state index contributed by atoms with van der Waals surface area (Å²) in [5.74, 6) is -1.30. The minimum atomic E-state index is -0.676. The van der Waals surface area contributed by atoms with Crippen LogP contribution in [-0.4, -0.2) is 30.2 Å². The number of ether oxygens (including phenoxy) is 1. The molecule has 0 spiro atoms. The molecule has 36 heavy (non-hydrogen) atoms. The lowest BCUT2D eigenvalue weighted by Gasteiger charge is -2.28. The van der Waals surface area contributed by atoms with Crippen molar-refractivity contribution in [3.8, 4) is 0 Å². The summed E-state index contributed by atoms with van der Waals surface area (Å²) in [6.45, 7) is -0.386. The maximum absolute atomic E-state index is 13.6. The van der Waals surface area contributed by atoms with Crippen molar-refractivity contribution in [1.82, 2.24) is 0 Å².